The van der Waals surface area contributed by atoms with Crippen molar-refractivity contribution in [3.05, 3.63) is 82.0 Å². The maximum atomic E-state index is 6.23. The fraction of sp³-hybridized carbons (Fsp3) is 0.263. The van der Waals surface area contributed by atoms with E-state index >= 15 is 0 Å². The number of benzene rings is 2. The molecule has 0 N–H and O–H groups in total. The van der Waals surface area contributed by atoms with Crippen LogP contribution in [-0.2, 0) is 6.42 Å². The topological polar surface area (TPSA) is 3.24 Å². The van der Waals surface area contributed by atoms with Crippen molar-refractivity contribution in [1.82, 2.24) is 4.90 Å². The summed E-state index contributed by atoms with van der Waals surface area (Å²) in [6.45, 7) is 3.90. The molecule has 0 bridgehead atoms. The third-order valence-electron chi connectivity index (χ3n) is 4.60. The molecular weight excluding hydrogens is 313 g/mol. The van der Waals surface area contributed by atoms with E-state index in [2.05, 4.69) is 48.9 Å². The fourth-order valence-electron chi connectivity index (χ4n) is 3.30. The molecule has 1 aliphatic carbocycles. The van der Waals surface area contributed by atoms with Crippen LogP contribution in [0, 0.1) is 0 Å². The molecule has 2 aromatic rings. The second-order valence-corrected chi connectivity index (χ2v) is 6.68. The van der Waals surface area contributed by atoms with Gasteiger partial charge in [-0.15, -0.1) is 0 Å². The van der Waals surface area contributed by atoms with E-state index in [9.17, 15) is 0 Å². The van der Waals surface area contributed by atoms with Gasteiger partial charge >= 0.3 is 0 Å². The molecule has 0 aromatic heterocycles. The molecule has 0 spiro atoms. The lowest BCUT2D eigenvalue weighted by Gasteiger charge is -2.36. The van der Waals surface area contributed by atoms with Crippen LogP contribution in [-0.4, -0.2) is 18.0 Å². The van der Waals surface area contributed by atoms with Crippen LogP contribution in [0.3, 0.4) is 0 Å². The van der Waals surface area contributed by atoms with Crippen LogP contribution in [0.25, 0.3) is 0 Å². The van der Waals surface area contributed by atoms with Crippen molar-refractivity contribution >= 4 is 23.2 Å². The molecule has 0 aliphatic heterocycles. The van der Waals surface area contributed by atoms with Crippen LogP contribution >= 0.6 is 23.2 Å². The van der Waals surface area contributed by atoms with E-state index in [4.69, 9.17) is 23.2 Å². The number of hydrogen-bond donors (Lipinski definition) is 0. The molecule has 1 aliphatic rings. The van der Waals surface area contributed by atoms with E-state index in [1.807, 2.05) is 18.3 Å². The Morgan fingerprint density at radius 1 is 1.14 bits per heavy atom. The van der Waals surface area contributed by atoms with Crippen molar-refractivity contribution in [3.8, 4) is 0 Å². The van der Waals surface area contributed by atoms with Crippen molar-refractivity contribution in [2.75, 3.05) is 7.05 Å². The van der Waals surface area contributed by atoms with Gasteiger partial charge in [-0.05, 0) is 47.9 Å². The second-order valence-electron chi connectivity index (χ2n) is 5.87. The number of halogens is 2. The lowest BCUT2D eigenvalue weighted by atomic mass is 9.76. The highest BCUT2D eigenvalue weighted by Gasteiger charge is 2.29. The van der Waals surface area contributed by atoms with Crippen molar-refractivity contribution in [2.45, 2.75) is 24.8 Å². The zero-order valence-electron chi connectivity index (χ0n) is 12.6. The van der Waals surface area contributed by atoms with Crippen LogP contribution < -0.4 is 0 Å². The predicted octanol–water partition coefficient (Wildman–Crippen LogP) is 5.52. The summed E-state index contributed by atoms with van der Waals surface area (Å²) in [5.41, 5.74) is 4.03. The van der Waals surface area contributed by atoms with E-state index in [0.717, 1.165) is 12.8 Å². The molecule has 2 atom stereocenters. The number of rotatable bonds is 3. The average Bonchev–Trinajstić information content (AvgIpc) is 2.55. The standard InChI is InChI=1S/C19H19Cl2N/c1-3-22(2)15-10-13-6-4-5-7-16(13)17(12-15)14-8-9-18(20)19(21)11-14/h3-9,11,15,17H,1,10,12H2,2H3/t15-,17-/m0/s1. The minimum atomic E-state index is 0.340. The Bertz CT molecular complexity index is 696. The first kappa shape index (κ1) is 15.5. The Kier molecular flexibility index (Phi) is 4.46. The van der Waals surface area contributed by atoms with Crippen LogP contribution in [0.15, 0.2) is 55.2 Å². The van der Waals surface area contributed by atoms with Gasteiger partial charge in [0.2, 0.25) is 0 Å². The Morgan fingerprint density at radius 2 is 1.91 bits per heavy atom. The van der Waals surface area contributed by atoms with Gasteiger partial charge in [0.25, 0.3) is 0 Å². The molecule has 0 fully saturated rings. The molecular formula is C19H19Cl2N. The number of nitrogens with zero attached hydrogens (tertiary/aromatic N) is 1. The third-order valence-corrected chi connectivity index (χ3v) is 5.34. The highest BCUT2D eigenvalue weighted by Crippen LogP contribution is 2.39. The van der Waals surface area contributed by atoms with Crippen molar-refractivity contribution in [3.63, 3.8) is 0 Å². The lowest BCUT2D eigenvalue weighted by molar-refractivity contribution is 0.288. The van der Waals surface area contributed by atoms with E-state index in [1.165, 1.54) is 16.7 Å². The highest BCUT2D eigenvalue weighted by atomic mass is 35.5. The fourth-order valence-corrected chi connectivity index (χ4v) is 3.61. The van der Waals surface area contributed by atoms with Crippen LogP contribution in [0.1, 0.15) is 29.0 Å². The molecule has 0 radical (unpaired) electrons. The number of likely N-dealkylation sites (N-methyl/N-ethyl adjacent to an activating group) is 1. The second kappa shape index (κ2) is 6.36. The monoisotopic (exact) mass is 331 g/mol. The minimum absolute atomic E-state index is 0.340. The van der Waals surface area contributed by atoms with Gasteiger partial charge in [-0.25, -0.2) is 0 Å². The Morgan fingerprint density at radius 3 is 2.64 bits per heavy atom. The van der Waals surface area contributed by atoms with E-state index in [0.29, 0.717) is 22.0 Å². The van der Waals surface area contributed by atoms with Gasteiger partial charge in [0.05, 0.1) is 10.0 Å². The van der Waals surface area contributed by atoms with Gasteiger partial charge in [0.15, 0.2) is 0 Å². The van der Waals surface area contributed by atoms with Gasteiger partial charge < -0.3 is 4.90 Å². The zero-order chi connectivity index (χ0) is 15.7. The summed E-state index contributed by atoms with van der Waals surface area (Å²) < 4.78 is 0. The van der Waals surface area contributed by atoms with E-state index in [1.54, 1.807) is 0 Å². The molecule has 3 rings (SSSR count). The molecule has 0 amide bonds. The minimum Gasteiger partial charge on any atom is -0.378 e. The van der Waals surface area contributed by atoms with Gasteiger partial charge in [-0.1, -0.05) is 60.1 Å². The van der Waals surface area contributed by atoms with Crippen LogP contribution in [0.5, 0.6) is 0 Å². The first-order chi connectivity index (χ1) is 10.6. The molecule has 3 heteroatoms. The molecule has 0 saturated carbocycles. The van der Waals surface area contributed by atoms with E-state index < -0.39 is 0 Å². The van der Waals surface area contributed by atoms with Crippen molar-refractivity contribution < 1.29 is 0 Å². The highest BCUT2D eigenvalue weighted by molar-refractivity contribution is 6.42. The lowest BCUT2D eigenvalue weighted by Crippen LogP contribution is -2.34. The van der Waals surface area contributed by atoms with E-state index in [-0.39, 0.29) is 0 Å². The maximum Gasteiger partial charge on any atom is 0.0595 e. The van der Waals surface area contributed by atoms with Gasteiger partial charge in [0, 0.05) is 19.0 Å². The summed E-state index contributed by atoms with van der Waals surface area (Å²) in [5.74, 6) is 0.340. The summed E-state index contributed by atoms with van der Waals surface area (Å²) in [4.78, 5) is 2.21. The summed E-state index contributed by atoms with van der Waals surface area (Å²) >= 11 is 12.3. The SMILES string of the molecule is C=CN(C)[C@H]1Cc2ccccc2[C@H](c2ccc(Cl)c(Cl)c2)C1. The van der Waals surface area contributed by atoms with Gasteiger partial charge in [0.1, 0.15) is 0 Å². The Hall–Kier alpha value is -1.44. The third kappa shape index (κ3) is 2.88. The molecule has 1 nitrogen and oxygen atoms in total. The first-order valence-electron chi connectivity index (χ1n) is 7.47. The summed E-state index contributed by atoms with van der Waals surface area (Å²) in [6, 6.07) is 15.1. The molecule has 114 valence electrons. The normalized spacial score (nSPS) is 20.3. The molecule has 0 saturated heterocycles. The molecule has 0 heterocycles. The molecule has 2 aromatic carbocycles. The summed E-state index contributed by atoms with van der Waals surface area (Å²) in [6.07, 6.45) is 4.01. The van der Waals surface area contributed by atoms with Crippen LogP contribution in [0.2, 0.25) is 10.0 Å². The quantitative estimate of drug-likeness (QED) is 0.716. The zero-order valence-corrected chi connectivity index (χ0v) is 14.1. The van der Waals surface area contributed by atoms with Gasteiger partial charge in [-0.2, -0.15) is 0 Å². The first-order valence-corrected chi connectivity index (χ1v) is 8.23. The average molecular weight is 332 g/mol. The predicted molar refractivity (Wildman–Crippen MR) is 94.8 cm³/mol. The Balaban J connectivity index is 2.04. The van der Waals surface area contributed by atoms with Crippen molar-refractivity contribution in [2.24, 2.45) is 0 Å². The van der Waals surface area contributed by atoms with Gasteiger partial charge in [-0.3, -0.25) is 0 Å². The summed E-state index contributed by atoms with van der Waals surface area (Å²) in [7, 11) is 2.09. The summed E-state index contributed by atoms with van der Waals surface area (Å²) in [5, 5.41) is 1.23. The molecule has 0 unspecified atom stereocenters. The van der Waals surface area contributed by atoms with Crippen LogP contribution in [0.4, 0.5) is 0 Å². The van der Waals surface area contributed by atoms with Crippen molar-refractivity contribution in [1.29, 1.82) is 0 Å². The Labute approximate surface area is 142 Å². The number of hydrogen-bond acceptors (Lipinski definition) is 1. The number of fused-ring (bicyclic) bond motifs is 1. The largest absolute Gasteiger partial charge is 0.378 e. The maximum absolute atomic E-state index is 6.23. The smallest absolute Gasteiger partial charge is 0.0595 e. The molecule has 22 heavy (non-hydrogen) atoms.